The molecule has 22 heavy (non-hydrogen) atoms. The molecule has 5 heteroatoms. The highest BCUT2D eigenvalue weighted by atomic mass is 79.9. The minimum Gasteiger partial charge on any atom is -0.460 e. The number of alkyl halides is 2. The van der Waals surface area contributed by atoms with E-state index in [0.717, 1.165) is 22.4 Å². The summed E-state index contributed by atoms with van der Waals surface area (Å²) in [4.78, 5) is 11.0. The van der Waals surface area contributed by atoms with E-state index in [0.29, 0.717) is 3.36 Å². The standard InChI is InChI=1S/C17H30Br2O2Si/c1-3-16(20)21-15(2)13-11-9-7-5-4-6-8-10-12-14-22-17(18)19/h3,15,17H,1,4-14H2,2H3. The maximum absolute atomic E-state index is 11.0. The molecule has 0 saturated carbocycles. The average Bonchev–Trinajstić information content (AvgIpc) is 2.47. The Bertz CT molecular complexity index is 286. The Hall–Kier alpha value is 0.387. The predicted octanol–water partition coefficient (Wildman–Crippen LogP) is 6.20. The summed E-state index contributed by atoms with van der Waals surface area (Å²) in [6.45, 7) is 5.36. The molecule has 0 aliphatic carbocycles. The van der Waals surface area contributed by atoms with E-state index in [4.69, 9.17) is 4.74 Å². The Morgan fingerprint density at radius 3 is 2.05 bits per heavy atom. The molecule has 2 radical (unpaired) electrons. The highest BCUT2D eigenvalue weighted by Gasteiger charge is 2.05. The molecule has 0 aromatic carbocycles. The van der Waals surface area contributed by atoms with Crippen molar-refractivity contribution in [3.05, 3.63) is 12.7 Å². The van der Waals surface area contributed by atoms with E-state index in [1.807, 2.05) is 6.92 Å². The third-order valence-corrected chi connectivity index (χ3v) is 6.46. The Labute approximate surface area is 155 Å². The predicted molar refractivity (Wildman–Crippen MR) is 104 cm³/mol. The number of rotatable bonds is 15. The number of esters is 1. The lowest BCUT2D eigenvalue weighted by Gasteiger charge is -2.11. The molecule has 0 bridgehead atoms. The fraction of sp³-hybridized carbons (Fsp3) is 0.824. The SMILES string of the molecule is C=CC(=O)OC(C)CCCCCCCCCCC[Si]C(Br)Br. The first kappa shape index (κ1) is 22.4. The zero-order valence-electron chi connectivity index (χ0n) is 13.8. The Balaban J connectivity index is 3.17. The lowest BCUT2D eigenvalue weighted by molar-refractivity contribution is -0.142. The van der Waals surface area contributed by atoms with Gasteiger partial charge in [-0.05, 0) is 19.8 Å². The molecule has 0 aromatic heterocycles. The molecular formula is C17H30Br2O2Si. The van der Waals surface area contributed by atoms with Crippen LogP contribution in [0, 0.1) is 0 Å². The van der Waals surface area contributed by atoms with Gasteiger partial charge in [-0.15, -0.1) is 0 Å². The molecule has 0 amide bonds. The van der Waals surface area contributed by atoms with Crippen molar-refractivity contribution in [1.82, 2.24) is 0 Å². The Kier molecular flexibility index (Phi) is 16.5. The first-order valence-electron chi connectivity index (χ1n) is 8.41. The molecule has 0 saturated heterocycles. The Morgan fingerprint density at radius 1 is 1.05 bits per heavy atom. The monoisotopic (exact) mass is 452 g/mol. The minimum atomic E-state index is -0.309. The van der Waals surface area contributed by atoms with Gasteiger partial charge in [0.2, 0.25) is 0 Å². The summed E-state index contributed by atoms with van der Waals surface area (Å²) in [6.07, 6.45) is 14.1. The van der Waals surface area contributed by atoms with Crippen molar-refractivity contribution in [2.24, 2.45) is 0 Å². The normalized spacial score (nSPS) is 12.4. The largest absolute Gasteiger partial charge is 0.460 e. The van der Waals surface area contributed by atoms with Gasteiger partial charge in [-0.25, -0.2) is 4.79 Å². The lowest BCUT2D eigenvalue weighted by Crippen LogP contribution is -2.12. The lowest BCUT2D eigenvalue weighted by atomic mass is 10.1. The molecule has 0 heterocycles. The molecule has 0 aliphatic heterocycles. The van der Waals surface area contributed by atoms with Crippen LogP contribution in [0.2, 0.25) is 6.04 Å². The zero-order chi connectivity index (χ0) is 16.6. The fourth-order valence-corrected chi connectivity index (χ4v) is 4.36. The van der Waals surface area contributed by atoms with Gasteiger partial charge in [0.05, 0.1) is 19.0 Å². The average molecular weight is 454 g/mol. The molecule has 1 unspecified atom stereocenters. The van der Waals surface area contributed by atoms with Crippen LogP contribution in [0.5, 0.6) is 0 Å². The molecule has 0 spiro atoms. The summed E-state index contributed by atoms with van der Waals surface area (Å²) in [5.41, 5.74) is 0. The van der Waals surface area contributed by atoms with E-state index in [1.165, 1.54) is 63.5 Å². The molecule has 0 rings (SSSR count). The van der Waals surface area contributed by atoms with Gasteiger partial charge in [0, 0.05) is 6.08 Å². The summed E-state index contributed by atoms with van der Waals surface area (Å²) in [6, 6.07) is 1.34. The van der Waals surface area contributed by atoms with Gasteiger partial charge in [0.15, 0.2) is 0 Å². The maximum Gasteiger partial charge on any atom is 0.330 e. The van der Waals surface area contributed by atoms with Crippen LogP contribution in [0.4, 0.5) is 0 Å². The summed E-state index contributed by atoms with van der Waals surface area (Å²) in [5, 5.41) is 0. The summed E-state index contributed by atoms with van der Waals surface area (Å²) >= 11 is 7.05. The molecule has 2 nitrogen and oxygen atoms in total. The number of hydrogen-bond acceptors (Lipinski definition) is 2. The summed E-state index contributed by atoms with van der Waals surface area (Å²) in [5.74, 6) is -0.309. The van der Waals surface area contributed by atoms with Crippen molar-refractivity contribution < 1.29 is 9.53 Å². The second-order valence-electron chi connectivity index (χ2n) is 5.68. The molecule has 128 valence electrons. The maximum atomic E-state index is 11.0. The number of carbonyl (C=O) groups is 1. The number of hydrogen-bond donors (Lipinski definition) is 0. The number of ether oxygens (including phenoxy) is 1. The second-order valence-corrected chi connectivity index (χ2v) is 11.9. The Morgan fingerprint density at radius 2 is 1.55 bits per heavy atom. The van der Waals surface area contributed by atoms with Crippen LogP contribution in [-0.2, 0) is 9.53 Å². The number of unbranched alkanes of at least 4 members (excludes halogenated alkanes) is 8. The van der Waals surface area contributed by atoms with E-state index in [2.05, 4.69) is 38.4 Å². The van der Waals surface area contributed by atoms with Gasteiger partial charge in [-0.1, -0.05) is 95.8 Å². The van der Waals surface area contributed by atoms with Gasteiger partial charge < -0.3 is 4.74 Å². The first-order chi connectivity index (χ1) is 10.6. The van der Waals surface area contributed by atoms with Gasteiger partial charge in [0.1, 0.15) is 0 Å². The smallest absolute Gasteiger partial charge is 0.330 e. The molecule has 1 atom stereocenters. The highest BCUT2D eigenvalue weighted by molar-refractivity contribution is 9.25. The topological polar surface area (TPSA) is 26.3 Å². The zero-order valence-corrected chi connectivity index (χ0v) is 18.0. The van der Waals surface area contributed by atoms with Crippen LogP contribution in [0.1, 0.15) is 71.1 Å². The van der Waals surface area contributed by atoms with Crippen LogP contribution >= 0.6 is 31.9 Å². The van der Waals surface area contributed by atoms with E-state index in [-0.39, 0.29) is 12.1 Å². The van der Waals surface area contributed by atoms with Crippen molar-refractivity contribution >= 4 is 47.3 Å². The fourth-order valence-electron chi connectivity index (χ4n) is 2.31. The molecule has 0 aliphatic rings. The summed E-state index contributed by atoms with van der Waals surface area (Å²) < 4.78 is 5.66. The van der Waals surface area contributed by atoms with Gasteiger partial charge in [-0.2, -0.15) is 0 Å². The quantitative estimate of drug-likeness (QED) is 0.0969. The van der Waals surface area contributed by atoms with Crippen molar-refractivity contribution in [3.63, 3.8) is 0 Å². The van der Waals surface area contributed by atoms with Gasteiger partial charge in [-0.3, -0.25) is 0 Å². The van der Waals surface area contributed by atoms with Gasteiger partial charge >= 0.3 is 5.97 Å². The minimum absolute atomic E-state index is 0.0184. The van der Waals surface area contributed by atoms with Crippen molar-refractivity contribution in [2.45, 2.75) is 86.6 Å². The van der Waals surface area contributed by atoms with E-state index in [9.17, 15) is 4.79 Å². The molecular weight excluding hydrogens is 424 g/mol. The van der Waals surface area contributed by atoms with Crippen LogP contribution in [0.25, 0.3) is 0 Å². The first-order valence-corrected chi connectivity index (χ1v) is 11.5. The van der Waals surface area contributed by atoms with Crippen LogP contribution < -0.4 is 0 Å². The van der Waals surface area contributed by atoms with Crippen molar-refractivity contribution in [1.29, 1.82) is 0 Å². The molecule has 0 aromatic rings. The third-order valence-electron chi connectivity index (χ3n) is 3.57. The van der Waals surface area contributed by atoms with E-state index >= 15 is 0 Å². The summed E-state index contributed by atoms with van der Waals surface area (Å²) in [7, 11) is 0.993. The van der Waals surface area contributed by atoms with Crippen LogP contribution in [0.3, 0.4) is 0 Å². The van der Waals surface area contributed by atoms with Crippen molar-refractivity contribution in [3.8, 4) is 0 Å². The number of halogens is 2. The highest BCUT2D eigenvalue weighted by Crippen LogP contribution is 2.14. The number of carbonyl (C=O) groups excluding carboxylic acids is 1. The van der Waals surface area contributed by atoms with Crippen LogP contribution in [-0.4, -0.2) is 25.0 Å². The van der Waals surface area contributed by atoms with E-state index < -0.39 is 0 Å². The molecule has 0 N–H and O–H groups in total. The van der Waals surface area contributed by atoms with Crippen LogP contribution in [0.15, 0.2) is 12.7 Å². The van der Waals surface area contributed by atoms with E-state index in [1.54, 1.807) is 0 Å². The third kappa shape index (κ3) is 16.8. The van der Waals surface area contributed by atoms with Crippen molar-refractivity contribution in [2.75, 3.05) is 0 Å². The second kappa shape index (κ2) is 16.3. The molecule has 0 fully saturated rings. The van der Waals surface area contributed by atoms with Gasteiger partial charge in [0.25, 0.3) is 0 Å².